The monoisotopic (exact) mass is 326 g/mol. The maximum Gasteiger partial charge on any atom is 0.356 e. The quantitative estimate of drug-likeness (QED) is 0.871. The van der Waals surface area contributed by atoms with Crippen molar-refractivity contribution in [1.29, 1.82) is 0 Å². The second-order valence-corrected chi connectivity index (χ2v) is 5.63. The van der Waals surface area contributed by atoms with Gasteiger partial charge in [0, 0.05) is 30.5 Å². The number of amides is 1. The van der Waals surface area contributed by atoms with E-state index in [-0.39, 0.29) is 11.6 Å². The van der Waals surface area contributed by atoms with Crippen LogP contribution in [-0.4, -0.2) is 36.0 Å². The van der Waals surface area contributed by atoms with Gasteiger partial charge < -0.3 is 15.0 Å². The highest BCUT2D eigenvalue weighted by Gasteiger charge is 2.21. The molecule has 0 atom stereocenters. The van der Waals surface area contributed by atoms with Gasteiger partial charge in [0.25, 0.3) is 0 Å². The maximum absolute atomic E-state index is 11.7. The van der Waals surface area contributed by atoms with Crippen LogP contribution in [0.4, 0.5) is 17.3 Å². The molecule has 0 unspecified atom stereocenters. The number of nitrogens with one attached hydrogen (secondary N) is 1. The minimum Gasteiger partial charge on any atom is -0.464 e. The number of ether oxygens (including phenoxy) is 1. The molecule has 1 aromatic carbocycles. The lowest BCUT2D eigenvalue weighted by Crippen LogP contribution is -2.31. The number of methoxy groups -OCH3 is 1. The Morgan fingerprint density at radius 2 is 2.04 bits per heavy atom. The molecule has 0 saturated carbocycles. The Labute approximate surface area is 139 Å². The van der Waals surface area contributed by atoms with Gasteiger partial charge in [0.05, 0.1) is 7.11 Å². The zero-order valence-corrected chi connectivity index (χ0v) is 13.8. The molecule has 1 aromatic heterocycles. The molecule has 2 heterocycles. The van der Waals surface area contributed by atoms with Gasteiger partial charge >= 0.3 is 5.97 Å². The van der Waals surface area contributed by atoms with Gasteiger partial charge in [0.15, 0.2) is 5.69 Å². The number of benzene rings is 1. The lowest BCUT2D eigenvalue weighted by Gasteiger charge is -2.26. The molecule has 0 saturated heterocycles. The molecule has 0 spiro atoms. The van der Waals surface area contributed by atoms with Gasteiger partial charge in [-0.15, -0.1) is 0 Å². The molecular formula is C17H18N4O3. The number of nitrogens with zero attached hydrogens (tertiary/aromatic N) is 3. The third-order valence-electron chi connectivity index (χ3n) is 3.93. The summed E-state index contributed by atoms with van der Waals surface area (Å²) in [7, 11) is 3.09. The summed E-state index contributed by atoms with van der Waals surface area (Å²) in [5, 5.41) is 3.11. The molecule has 1 N–H and O–H groups in total. The fourth-order valence-electron chi connectivity index (χ4n) is 2.70. The smallest absolute Gasteiger partial charge is 0.356 e. The van der Waals surface area contributed by atoms with Crippen LogP contribution in [0.25, 0.3) is 0 Å². The summed E-state index contributed by atoms with van der Waals surface area (Å²) in [5.41, 5.74) is 3.67. The van der Waals surface area contributed by atoms with Gasteiger partial charge in [-0.2, -0.15) is 0 Å². The first-order valence-corrected chi connectivity index (χ1v) is 7.58. The number of rotatable bonds is 3. The van der Waals surface area contributed by atoms with Crippen LogP contribution in [0, 0.1) is 6.92 Å². The number of aryl methyl sites for hydroxylation is 2. The summed E-state index contributed by atoms with van der Waals surface area (Å²) in [6.07, 6.45) is 1.20. The Hall–Kier alpha value is -2.96. The van der Waals surface area contributed by atoms with E-state index in [2.05, 4.69) is 15.3 Å². The van der Waals surface area contributed by atoms with Crippen molar-refractivity contribution in [2.75, 3.05) is 24.4 Å². The highest BCUT2D eigenvalue weighted by Crippen LogP contribution is 2.30. The van der Waals surface area contributed by atoms with Crippen LogP contribution in [0.2, 0.25) is 0 Å². The fraction of sp³-hybridized carbons (Fsp3) is 0.294. The van der Waals surface area contributed by atoms with E-state index in [4.69, 9.17) is 4.74 Å². The molecule has 0 fully saturated rings. The van der Waals surface area contributed by atoms with Gasteiger partial charge in [-0.25, -0.2) is 14.8 Å². The predicted octanol–water partition coefficient (Wildman–Crippen LogP) is 2.22. The number of fused-ring (bicyclic) bond motifs is 1. The summed E-state index contributed by atoms with van der Waals surface area (Å²) in [4.78, 5) is 33.5. The van der Waals surface area contributed by atoms with E-state index < -0.39 is 5.97 Å². The second kappa shape index (κ2) is 6.27. The zero-order chi connectivity index (χ0) is 17.3. The van der Waals surface area contributed by atoms with E-state index in [9.17, 15) is 9.59 Å². The first kappa shape index (κ1) is 15.9. The second-order valence-electron chi connectivity index (χ2n) is 5.63. The van der Waals surface area contributed by atoms with Crippen LogP contribution in [-0.2, 0) is 16.0 Å². The van der Waals surface area contributed by atoms with E-state index in [1.807, 2.05) is 18.2 Å². The average Bonchev–Trinajstić information content (AvgIpc) is 2.57. The van der Waals surface area contributed by atoms with Gasteiger partial charge in [-0.1, -0.05) is 0 Å². The van der Waals surface area contributed by atoms with Crippen molar-refractivity contribution < 1.29 is 14.3 Å². The minimum atomic E-state index is -0.505. The van der Waals surface area contributed by atoms with Crippen LogP contribution in [0.1, 0.15) is 28.2 Å². The van der Waals surface area contributed by atoms with Crippen LogP contribution < -0.4 is 10.2 Å². The van der Waals surface area contributed by atoms with Crippen molar-refractivity contribution in [1.82, 2.24) is 9.97 Å². The van der Waals surface area contributed by atoms with Gasteiger partial charge in [-0.3, -0.25) is 4.79 Å². The Morgan fingerprint density at radius 3 is 2.79 bits per heavy atom. The molecule has 1 aliphatic rings. The largest absolute Gasteiger partial charge is 0.464 e. The highest BCUT2D eigenvalue weighted by atomic mass is 16.5. The fourth-order valence-corrected chi connectivity index (χ4v) is 2.70. The van der Waals surface area contributed by atoms with E-state index in [0.29, 0.717) is 24.5 Å². The summed E-state index contributed by atoms with van der Waals surface area (Å²) >= 11 is 0. The number of anilines is 3. The molecule has 0 bridgehead atoms. The summed E-state index contributed by atoms with van der Waals surface area (Å²) in [6, 6.07) is 7.30. The van der Waals surface area contributed by atoms with E-state index in [0.717, 1.165) is 16.9 Å². The molecule has 1 amide bonds. The van der Waals surface area contributed by atoms with Crippen LogP contribution in [0.5, 0.6) is 0 Å². The number of hydrogen-bond acceptors (Lipinski definition) is 6. The zero-order valence-electron chi connectivity index (χ0n) is 13.8. The third-order valence-corrected chi connectivity index (χ3v) is 3.93. The molecule has 3 rings (SSSR count). The Bertz CT molecular complexity index is 819. The van der Waals surface area contributed by atoms with E-state index in [1.165, 1.54) is 7.11 Å². The van der Waals surface area contributed by atoms with Crippen molar-refractivity contribution in [2.24, 2.45) is 0 Å². The van der Waals surface area contributed by atoms with E-state index in [1.54, 1.807) is 24.9 Å². The molecular weight excluding hydrogens is 308 g/mol. The number of carbonyl (C=O) groups is 2. The molecule has 0 aliphatic carbocycles. The lowest BCUT2D eigenvalue weighted by atomic mass is 10.0. The van der Waals surface area contributed by atoms with Crippen molar-refractivity contribution >= 4 is 29.2 Å². The molecule has 7 nitrogen and oxygen atoms in total. The Kier molecular flexibility index (Phi) is 4.16. The lowest BCUT2D eigenvalue weighted by molar-refractivity contribution is -0.118. The Morgan fingerprint density at radius 1 is 1.25 bits per heavy atom. The maximum atomic E-state index is 11.7. The topological polar surface area (TPSA) is 84.4 Å². The van der Waals surface area contributed by atoms with Gasteiger partial charge in [-0.05, 0) is 43.2 Å². The number of esters is 1. The molecule has 124 valence electrons. The molecule has 1 aliphatic heterocycles. The first-order valence-electron chi connectivity index (χ1n) is 7.58. The molecule has 7 heteroatoms. The van der Waals surface area contributed by atoms with Gasteiger partial charge in [0.1, 0.15) is 0 Å². The molecule has 0 radical (unpaired) electrons. The standard InChI is InChI=1S/C17H18N4O3/c1-10-8-13(16(23)24-3)20-17(18-10)19-12-5-6-14-11(9-12)4-7-15(22)21(14)2/h5-6,8-9H,4,7H2,1-3H3,(H,18,19,20). The van der Waals surface area contributed by atoms with Gasteiger partial charge in [0.2, 0.25) is 11.9 Å². The van der Waals surface area contributed by atoms with Crippen molar-refractivity contribution in [3.63, 3.8) is 0 Å². The third kappa shape index (κ3) is 3.05. The summed E-state index contributed by atoms with van der Waals surface area (Å²) in [6.45, 7) is 1.78. The first-order chi connectivity index (χ1) is 11.5. The molecule has 2 aromatic rings. The van der Waals surface area contributed by atoms with E-state index >= 15 is 0 Å². The van der Waals surface area contributed by atoms with Crippen LogP contribution in [0.15, 0.2) is 24.3 Å². The SMILES string of the molecule is COC(=O)c1cc(C)nc(Nc2ccc3c(c2)CCC(=O)N3C)n1. The summed E-state index contributed by atoms with van der Waals surface area (Å²) < 4.78 is 4.70. The van der Waals surface area contributed by atoms with Crippen LogP contribution >= 0.6 is 0 Å². The van der Waals surface area contributed by atoms with Crippen molar-refractivity contribution in [2.45, 2.75) is 19.8 Å². The average molecular weight is 326 g/mol. The highest BCUT2D eigenvalue weighted by molar-refractivity contribution is 5.96. The predicted molar refractivity (Wildman–Crippen MR) is 89.6 cm³/mol. The number of carbonyl (C=O) groups excluding carboxylic acids is 2. The Balaban J connectivity index is 1.88. The van der Waals surface area contributed by atoms with Crippen molar-refractivity contribution in [3.05, 3.63) is 41.2 Å². The normalized spacial score (nSPS) is 13.5. The van der Waals surface area contributed by atoms with Crippen molar-refractivity contribution in [3.8, 4) is 0 Å². The molecule has 24 heavy (non-hydrogen) atoms. The minimum absolute atomic E-state index is 0.118. The summed E-state index contributed by atoms with van der Waals surface area (Å²) in [5.74, 6) is -0.0577. The number of hydrogen-bond donors (Lipinski definition) is 1. The number of aromatic nitrogens is 2. The van der Waals surface area contributed by atoms with Crippen LogP contribution in [0.3, 0.4) is 0 Å².